The number of amides is 1. The Morgan fingerprint density at radius 1 is 1.00 bits per heavy atom. The van der Waals surface area contributed by atoms with E-state index in [-0.39, 0.29) is 16.6 Å². The maximum absolute atomic E-state index is 13.4. The average Bonchev–Trinajstić information content (AvgIpc) is 3.26. The van der Waals surface area contributed by atoms with Crippen molar-refractivity contribution in [3.63, 3.8) is 0 Å². The third kappa shape index (κ3) is 5.07. The van der Waals surface area contributed by atoms with Crippen LogP contribution in [0.5, 0.6) is 0 Å². The molecule has 0 aliphatic carbocycles. The molecular weight excluding hydrogens is 471 g/mol. The molecule has 4 nitrogen and oxygen atoms in total. The number of halogens is 4. The summed E-state index contributed by atoms with van der Waals surface area (Å²) in [6.45, 7) is 0. The molecule has 3 aromatic carbocycles. The number of aromatic nitrogens is 2. The molecule has 9 heteroatoms. The van der Waals surface area contributed by atoms with Crippen molar-refractivity contribution in [1.82, 2.24) is 9.78 Å². The average molecular weight is 488 g/mol. The first-order valence-corrected chi connectivity index (χ1v) is 11.3. The Balaban J connectivity index is 1.65. The Labute approximate surface area is 197 Å². The van der Waals surface area contributed by atoms with Gasteiger partial charge in [0.2, 0.25) is 0 Å². The van der Waals surface area contributed by atoms with Gasteiger partial charge in [-0.05, 0) is 60.9 Å². The van der Waals surface area contributed by atoms with E-state index >= 15 is 0 Å². The van der Waals surface area contributed by atoms with E-state index in [1.165, 1.54) is 0 Å². The summed E-state index contributed by atoms with van der Waals surface area (Å²) >= 11 is 7.81. The fraction of sp³-hybridized carbons (Fsp3) is 0.0833. The van der Waals surface area contributed by atoms with Crippen molar-refractivity contribution in [3.8, 4) is 16.9 Å². The molecule has 0 spiro atoms. The molecule has 0 aliphatic rings. The largest absolute Gasteiger partial charge is 0.435 e. The highest BCUT2D eigenvalue weighted by molar-refractivity contribution is 7.98. The Bertz CT molecular complexity index is 1290. The molecule has 1 aromatic heterocycles. The lowest BCUT2D eigenvalue weighted by atomic mass is 10.1. The van der Waals surface area contributed by atoms with Crippen LogP contribution in [0.3, 0.4) is 0 Å². The van der Waals surface area contributed by atoms with Crippen molar-refractivity contribution in [3.05, 3.63) is 95.1 Å². The van der Waals surface area contributed by atoms with Crippen LogP contribution in [-0.4, -0.2) is 21.9 Å². The van der Waals surface area contributed by atoms with Crippen LogP contribution in [0.25, 0.3) is 16.9 Å². The van der Waals surface area contributed by atoms with Crippen molar-refractivity contribution in [2.24, 2.45) is 0 Å². The van der Waals surface area contributed by atoms with Crippen molar-refractivity contribution in [1.29, 1.82) is 0 Å². The minimum atomic E-state index is -4.62. The predicted octanol–water partition coefficient (Wildman–Crippen LogP) is 7.19. The van der Waals surface area contributed by atoms with Crippen LogP contribution in [0.4, 0.5) is 18.9 Å². The van der Waals surface area contributed by atoms with E-state index in [4.69, 9.17) is 11.6 Å². The van der Waals surface area contributed by atoms with Gasteiger partial charge in [-0.25, -0.2) is 4.68 Å². The minimum Gasteiger partial charge on any atom is -0.322 e. The molecule has 0 saturated carbocycles. The number of rotatable bonds is 5. The number of carbonyl (C=O) groups excluding carboxylic acids is 1. The SMILES string of the molecule is CSc1ccc(NC(=O)c2ccc(-c3cc(C(F)(F)F)nn3-c3ccccc3Cl)cc2)cc1. The van der Waals surface area contributed by atoms with Crippen LogP contribution in [-0.2, 0) is 6.18 Å². The lowest BCUT2D eigenvalue weighted by Crippen LogP contribution is -2.11. The Morgan fingerprint density at radius 2 is 1.67 bits per heavy atom. The smallest absolute Gasteiger partial charge is 0.322 e. The van der Waals surface area contributed by atoms with Crippen LogP contribution in [0.2, 0.25) is 5.02 Å². The van der Waals surface area contributed by atoms with E-state index in [0.29, 0.717) is 22.5 Å². The number of nitrogens with one attached hydrogen (secondary N) is 1. The van der Waals surface area contributed by atoms with Gasteiger partial charge in [-0.3, -0.25) is 4.79 Å². The van der Waals surface area contributed by atoms with E-state index in [1.807, 2.05) is 18.4 Å². The van der Waals surface area contributed by atoms with Gasteiger partial charge in [0.1, 0.15) is 0 Å². The fourth-order valence-electron chi connectivity index (χ4n) is 3.20. The van der Waals surface area contributed by atoms with E-state index in [1.54, 1.807) is 72.4 Å². The van der Waals surface area contributed by atoms with Crippen LogP contribution in [0, 0.1) is 0 Å². The normalized spacial score (nSPS) is 11.4. The Kier molecular flexibility index (Phi) is 6.49. The van der Waals surface area contributed by atoms with Gasteiger partial charge in [0.25, 0.3) is 5.91 Å². The second-order valence-corrected chi connectivity index (χ2v) is 8.32. The fourth-order valence-corrected chi connectivity index (χ4v) is 3.83. The summed E-state index contributed by atoms with van der Waals surface area (Å²) in [5.74, 6) is -0.325. The molecule has 168 valence electrons. The zero-order chi connectivity index (χ0) is 23.6. The molecular formula is C24H17ClF3N3OS. The van der Waals surface area contributed by atoms with Crippen molar-refractivity contribution < 1.29 is 18.0 Å². The molecule has 4 aromatic rings. The maximum Gasteiger partial charge on any atom is 0.435 e. The van der Waals surface area contributed by atoms with Gasteiger partial charge < -0.3 is 5.32 Å². The third-order valence-electron chi connectivity index (χ3n) is 4.87. The summed E-state index contributed by atoms with van der Waals surface area (Å²) < 4.78 is 41.3. The highest BCUT2D eigenvalue weighted by Gasteiger charge is 2.35. The summed E-state index contributed by atoms with van der Waals surface area (Å²) in [6.07, 6.45) is -2.66. The van der Waals surface area contributed by atoms with Gasteiger partial charge in [0.05, 0.1) is 16.4 Å². The van der Waals surface area contributed by atoms with E-state index in [9.17, 15) is 18.0 Å². The third-order valence-corrected chi connectivity index (χ3v) is 5.93. The van der Waals surface area contributed by atoms with Gasteiger partial charge in [-0.1, -0.05) is 35.9 Å². The molecule has 0 radical (unpaired) electrons. The molecule has 0 atom stereocenters. The van der Waals surface area contributed by atoms with Crippen molar-refractivity contribution in [2.45, 2.75) is 11.1 Å². The zero-order valence-electron chi connectivity index (χ0n) is 17.2. The molecule has 0 saturated heterocycles. The molecule has 33 heavy (non-hydrogen) atoms. The predicted molar refractivity (Wildman–Crippen MR) is 125 cm³/mol. The Morgan fingerprint density at radius 3 is 2.27 bits per heavy atom. The number of hydrogen-bond donors (Lipinski definition) is 1. The lowest BCUT2D eigenvalue weighted by Gasteiger charge is -2.10. The standard InChI is InChI=1S/C24H17ClF3N3OS/c1-33-18-12-10-17(11-13-18)29-23(32)16-8-6-15(7-9-16)21-14-22(24(26,27)28)30-31(21)20-5-3-2-4-19(20)25/h2-14H,1H3,(H,29,32). The lowest BCUT2D eigenvalue weighted by molar-refractivity contribution is -0.141. The first kappa shape index (κ1) is 22.9. The van der Waals surface area contributed by atoms with Crippen LogP contribution < -0.4 is 5.32 Å². The molecule has 0 bridgehead atoms. The monoisotopic (exact) mass is 487 g/mol. The quantitative estimate of drug-likeness (QED) is 0.303. The zero-order valence-corrected chi connectivity index (χ0v) is 18.8. The van der Waals surface area contributed by atoms with Crippen molar-refractivity contribution in [2.75, 3.05) is 11.6 Å². The number of hydrogen-bond acceptors (Lipinski definition) is 3. The molecule has 0 aliphatic heterocycles. The van der Waals surface area contributed by atoms with E-state index in [0.717, 1.165) is 15.6 Å². The van der Waals surface area contributed by atoms with Gasteiger partial charge in [0.15, 0.2) is 5.69 Å². The Hall–Kier alpha value is -3.23. The number of anilines is 1. The molecule has 1 amide bonds. The number of alkyl halides is 3. The molecule has 0 unspecified atom stereocenters. The minimum absolute atomic E-state index is 0.204. The topological polar surface area (TPSA) is 46.9 Å². The summed E-state index contributed by atoms with van der Waals surface area (Å²) in [4.78, 5) is 13.7. The van der Waals surface area contributed by atoms with Gasteiger partial charge >= 0.3 is 6.18 Å². The van der Waals surface area contributed by atoms with Crippen molar-refractivity contribution >= 4 is 35.0 Å². The summed E-state index contributed by atoms with van der Waals surface area (Å²) in [5.41, 5.74) is 0.961. The highest BCUT2D eigenvalue weighted by atomic mass is 35.5. The summed E-state index contributed by atoms with van der Waals surface area (Å²) in [5, 5.41) is 6.81. The number of para-hydroxylation sites is 1. The number of nitrogens with zero attached hydrogens (tertiary/aromatic N) is 2. The molecule has 1 heterocycles. The van der Waals surface area contributed by atoms with Crippen LogP contribution in [0.1, 0.15) is 16.1 Å². The van der Waals surface area contributed by atoms with Crippen LogP contribution >= 0.6 is 23.4 Å². The van der Waals surface area contributed by atoms with E-state index in [2.05, 4.69) is 10.4 Å². The summed E-state index contributed by atoms with van der Waals surface area (Å²) in [7, 11) is 0. The molecule has 0 fully saturated rings. The molecule has 4 rings (SSSR count). The van der Waals surface area contributed by atoms with Crippen LogP contribution in [0.15, 0.2) is 83.8 Å². The first-order chi connectivity index (χ1) is 15.8. The van der Waals surface area contributed by atoms with Gasteiger partial charge in [-0.2, -0.15) is 18.3 Å². The number of benzene rings is 3. The van der Waals surface area contributed by atoms with Gasteiger partial charge in [-0.15, -0.1) is 11.8 Å². The second kappa shape index (κ2) is 9.33. The number of thioether (sulfide) groups is 1. The maximum atomic E-state index is 13.4. The number of carbonyl (C=O) groups is 1. The molecule has 1 N–H and O–H groups in total. The highest BCUT2D eigenvalue weighted by Crippen LogP contribution is 2.34. The first-order valence-electron chi connectivity index (χ1n) is 9.74. The summed E-state index contributed by atoms with van der Waals surface area (Å²) in [6, 6.07) is 21.2. The second-order valence-electron chi connectivity index (χ2n) is 7.04. The van der Waals surface area contributed by atoms with Gasteiger partial charge in [0, 0.05) is 21.7 Å². The van der Waals surface area contributed by atoms with E-state index < -0.39 is 11.9 Å².